The van der Waals surface area contributed by atoms with Gasteiger partial charge < -0.3 is 5.32 Å². The van der Waals surface area contributed by atoms with Crippen LogP contribution in [0.2, 0.25) is 0 Å². The summed E-state index contributed by atoms with van der Waals surface area (Å²) in [7, 11) is 0. The second-order valence-electron chi connectivity index (χ2n) is 5.35. The van der Waals surface area contributed by atoms with Gasteiger partial charge in [0.05, 0.1) is 11.4 Å². The molecule has 0 unspecified atom stereocenters. The van der Waals surface area contributed by atoms with Gasteiger partial charge in [-0.05, 0) is 24.8 Å². The first kappa shape index (κ1) is 13.7. The van der Waals surface area contributed by atoms with E-state index in [0.29, 0.717) is 0 Å². The predicted molar refractivity (Wildman–Crippen MR) is 89.2 cm³/mol. The van der Waals surface area contributed by atoms with Gasteiger partial charge in [-0.1, -0.05) is 49.7 Å². The Morgan fingerprint density at radius 3 is 2.76 bits per heavy atom. The first-order valence-corrected chi connectivity index (χ1v) is 7.57. The van der Waals surface area contributed by atoms with Gasteiger partial charge in [-0.2, -0.15) is 0 Å². The van der Waals surface area contributed by atoms with Gasteiger partial charge in [0.1, 0.15) is 0 Å². The van der Waals surface area contributed by atoms with Crippen LogP contribution in [0.4, 0.5) is 5.95 Å². The van der Waals surface area contributed by atoms with E-state index in [9.17, 15) is 0 Å². The summed E-state index contributed by atoms with van der Waals surface area (Å²) >= 11 is 0. The summed E-state index contributed by atoms with van der Waals surface area (Å²) < 4.78 is 2.16. The fourth-order valence-corrected chi connectivity index (χ4v) is 2.60. The lowest BCUT2D eigenvalue weighted by Gasteiger charge is -2.12. The van der Waals surface area contributed by atoms with Crippen molar-refractivity contribution in [2.45, 2.75) is 26.7 Å². The predicted octanol–water partition coefficient (Wildman–Crippen LogP) is 4.55. The van der Waals surface area contributed by atoms with Gasteiger partial charge >= 0.3 is 0 Å². The SMILES string of the molecule is CCCCNc1nc(C)cn1-c1cccc2ccccc12. The highest BCUT2D eigenvalue weighted by Gasteiger charge is 2.09. The minimum absolute atomic E-state index is 0.928. The van der Waals surface area contributed by atoms with E-state index in [0.717, 1.165) is 24.6 Å². The number of aryl methyl sites for hydroxylation is 1. The molecule has 0 saturated carbocycles. The van der Waals surface area contributed by atoms with Crippen LogP contribution in [-0.2, 0) is 0 Å². The number of anilines is 1. The lowest BCUT2D eigenvalue weighted by atomic mass is 10.1. The van der Waals surface area contributed by atoms with Crippen LogP contribution >= 0.6 is 0 Å². The zero-order valence-electron chi connectivity index (χ0n) is 12.6. The molecule has 0 radical (unpaired) electrons. The molecule has 1 N–H and O–H groups in total. The van der Waals surface area contributed by atoms with Gasteiger partial charge in [0, 0.05) is 18.1 Å². The molecule has 3 aromatic rings. The molecule has 21 heavy (non-hydrogen) atoms. The van der Waals surface area contributed by atoms with E-state index >= 15 is 0 Å². The second-order valence-corrected chi connectivity index (χ2v) is 5.35. The van der Waals surface area contributed by atoms with Crippen LogP contribution in [0.5, 0.6) is 0 Å². The molecule has 0 bridgehead atoms. The first-order chi connectivity index (χ1) is 10.3. The summed E-state index contributed by atoms with van der Waals surface area (Å²) in [6, 6.07) is 14.9. The van der Waals surface area contributed by atoms with E-state index in [-0.39, 0.29) is 0 Å². The van der Waals surface area contributed by atoms with Crippen LogP contribution in [0, 0.1) is 6.92 Å². The summed E-state index contributed by atoms with van der Waals surface area (Å²) in [5.41, 5.74) is 2.20. The molecule has 2 aromatic carbocycles. The molecule has 0 amide bonds. The number of imidazole rings is 1. The minimum Gasteiger partial charge on any atom is -0.355 e. The fourth-order valence-electron chi connectivity index (χ4n) is 2.60. The standard InChI is InChI=1S/C18H21N3/c1-3-4-12-19-18-20-14(2)13-21(18)17-11-7-9-15-8-5-6-10-16(15)17/h5-11,13H,3-4,12H2,1-2H3,(H,19,20). The zero-order valence-corrected chi connectivity index (χ0v) is 12.6. The Balaban J connectivity index is 2.06. The first-order valence-electron chi connectivity index (χ1n) is 7.57. The Bertz CT molecular complexity index is 738. The average molecular weight is 279 g/mol. The van der Waals surface area contributed by atoms with Gasteiger partial charge in [0.25, 0.3) is 0 Å². The third-order valence-electron chi connectivity index (χ3n) is 3.67. The normalized spacial score (nSPS) is 11.0. The van der Waals surface area contributed by atoms with Crippen LogP contribution in [-0.4, -0.2) is 16.1 Å². The highest BCUT2D eigenvalue weighted by molar-refractivity contribution is 5.90. The highest BCUT2D eigenvalue weighted by Crippen LogP contribution is 2.25. The number of nitrogens with one attached hydrogen (secondary N) is 1. The largest absolute Gasteiger partial charge is 0.355 e. The topological polar surface area (TPSA) is 29.9 Å². The van der Waals surface area contributed by atoms with Crippen LogP contribution in [0.1, 0.15) is 25.5 Å². The van der Waals surface area contributed by atoms with Crippen molar-refractivity contribution >= 4 is 16.7 Å². The summed E-state index contributed by atoms with van der Waals surface area (Å²) in [4.78, 5) is 4.62. The Kier molecular flexibility index (Phi) is 3.91. The van der Waals surface area contributed by atoms with Crippen LogP contribution in [0.15, 0.2) is 48.7 Å². The maximum absolute atomic E-state index is 4.62. The third kappa shape index (κ3) is 2.77. The molecule has 0 fully saturated rings. The van der Waals surface area contributed by atoms with E-state index in [1.54, 1.807) is 0 Å². The number of unbranched alkanes of at least 4 members (excludes halogenated alkanes) is 1. The fraction of sp³-hybridized carbons (Fsp3) is 0.278. The Labute approximate surface area is 125 Å². The van der Waals surface area contributed by atoms with Gasteiger partial charge in [-0.3, -0.25) is 4.57 Å². The molecule has 0 saturated heterocycles. The average Bonchev–Trinajstić information content (AvgIpc) is 2.88. The molecular weight excluding hydrogens is 258 g/mol. The Hall–Kier alpha value is -2.29. The second kappa shape index (κ2) is 6.00. The molecular formula is C18H21N3. The number of nitrogens with zero attached hydrogens (tertiary/aromatic N) is 2. The van der Waals surface area contributed by atoms with Crippen molar-refractivity contribution in [3.63, 3.8) is 0 Å². The summed E-state index contributed by atoms with van der Waals surface area (Å²) in [5.74, 6) is 0.928. The number of rotatable bonds is 5. The number of aromatic nitrogens is 2. The van der Waals surface area contributed by atoms with E-state index < -0.39 is 0 Å². The van der Waals surface area contributed by atoms with Crippen molar-refractivity contribution in [3.05, 3.63) is 54.4 Å². The van der Waals surface area contributed by atoms with Gasteiger partial charge in [0.2, 0.25) is 5.95 Å². The van der Waals surface area contributed by atoms with Crippen molar-refractivity contribution in [1.82, 2.24) is 9.55 Å². The van der Waals surface area contributed by atoms with Crippen LogP contribution < -0.4 is 5.32 Å². The molecule has 1 heterocycles. The quantitative estimate of drug-likeness (QED) is 0.695. The molecule has 0 aliphatic carbocycles. The minimum atomic E-state index is 0.928. The van der Waals surface area contributed by atoms with Crippen molar-refractivity contribution in [2.75, 3.05) is 11.9 Å². The van der Waals surface area contributed by atoms with Crippen molar-refractivity contribution < 1.29 is 0 Å². The molecule has 0 atom stereocenters. The molecule has 3 heteroatoms. The summed E-state index contributed by atoms with van der Waals surface area (Å²) in [5, 5.41) is 5.95. The molecule has 1 aromatic heterocycles. The summed E-state index contributed by atoms with van der Waals surface area (Å²) in [6.45, 7) is 5.19. The van der Waals surface area contributed by atoms with Crippen molar-refractivity contribution in [3.8, 4) is 5.69 Å². The van der Waals surface area contributed by atoms with Gasteiger partial charge in [0.15, 0.2) is 0 Å². The smallest absolute Gasteiger partial charge is 0.207 e. The van der Waals surface area contributed by atoms with Gasteiger partial charge in [-0.25, -0.2) is 4.98 Å². The molecule has 0 aliphatic heterocycles. The Morgan fingerprint density at radius 2 is 1.90 bits per heavy atom. The monoisotopic (exact) mass is 279 g/mol. The van der Waals surface area contributed by atoms with Crippen molar-refractivity contribution in [2.24, 2.45) is 0 Å². The number of hydrogen-bond donors (Lipinski definition) is 1. The number of fused-ring (bicyclic) bond motifs is 1. The zero-order chi connectivity index (χ0) is 14.7. The van der Waals surface area contributed by atoms with Crippen LogP contribution in [0.25, 0.3) is 16.5 Å². The molecule has 3 nitrogen and oxygen atoms in total. The van der Waals surface area contributed by atoms with Crippen LogP contribution in [0.3, 0.4) is 0 Å². The lowest BCUT2D eigenvalue weighted by molar-refractivity contribution is 0.823. The van der Waals surface area contributed by atoms with E-state index in [1.165, 1.54) is 22.9 Å². The molecule has 0 spiro atoms. The molecule has 108 valence electrons. The van der Waals surface area contributed by atoms with Gasteiger partial charge in [-0.15, -0.1) is 0 Å². The van der Waals surface area contributed by atoms with Crippen molar-refractivity contribution in [1.29, 1.82) is 0 Å². The number of benzene rings is 2. The molecule has 3 rings (SSSR count). The highest BCUT2D eigenvalue weighted by atomic mass is 15.2. The van der Waals surface area contributed by atoms with E-state index in [2.05, 4.69) is 70.5 Å². The third-order valence-corrected chi connectivity index (χ3v) is 3.67. The summed E-state index contributed by atoms with van der Waals surface area (Å²) in [6.07, 6.45) is 4.43. The van der Waals surface area contributed by atoms with E-state index in [4.69, 9.17) is 0 Å². The van der Waals surface area contributed by atoms with E-state index in [1.807, 2.05) is 6.92 Å². The Morgan fingerprint density at radius 1 is 1.10 bits per heavy atom. The lowest BCUT2D eigenvalue weighted by Crippen LogP contribution is -2.07. The maximum atomic E-state index is 4.62. The maximum Gasteiger partial charge on any atom is 0.207 e. The number of hydrogen-bond acceptors (Lipinski definition) is 2. The molecule has 0 aliphatic rings.